The molecule has 0 spiro atoms. The Morgan fingerprint density at radius 3 is 2.54 bits per heavy atom. The number of anilines is 1. The molecule has 3 unspecified atom stereocenters. The number of likely N-dealkylation sites (tertiary alicyclic amines) is 1. The van der Waals surface area contributed by atoms with Crippen LogP contribution in [-0.4, -0.2) is 52.3 Å². The van der Waals surface area contributed by atoms with Gasteiger partial charge in [0.1, 0.15) is 17.1 Å². The molecule has 8 nitrogen and oxygen atoms in total. The molecule has 2 aromatic carbocycles. The fraction of sp³-hybridized carbons (Fsp3) is 0.414. The van der Waals surface area contributed by atoms with Gasteiger partial charge >= 0.3 is 12.0 Å². The summed E-state index contributed by atoms with van der Waals surface area (Å²) in [5, 5.41) is 12.3. The number of aromatic nitrogens is 1. The Kier molecular flexibility index (Phi) is 6.28. The zero-order chi connectivity index (χ0) is 27.4. The highest BCUT2D eigenvalue weighted by atomic mass is 19.1. The summed E-state index contributed by atoms with van der Waals surface area (Å²) in [7, 11) is 0. The number of carbonyl (C=O) groups is 2. The smallest absolute Gasteiger partial charge is 0.341 e. The van der Waals surface area contributed by atoms with Gasteiger partial charge in [0.05, 0.1) is 23.0 Å². The maximum absolute atomic E-state index is 16.2. The number of fused-ring (bicyclic) bond motifs is 2. The highest BCUT2D eigenvalue weighted by Crippen LogP contribution is 2.41. The number of nitrogens with one attached hydrogen (secondary N) is 1. The number of benzene rings is 2. The highest BCUT2D eigenvalue weighted by molar-refractivity contribution is 5.94. The van der Waals surface area contributed by atoms with Crippen molar-refractivity contribution >= 4 is 28.6 Å². The van der Waals surface area contributed by atoms with Gasteiger partial charge in [-0.15, -0.1) is 0 Å². The largest absolute Gasteiger partial charge is 0.477 e. The van der Waals surface area contributed by atoms with Gasteiger partial charge in [-0.3, -0.25) is 4.79 Å². The summed E-state index contributed by atoms with van der Waals surface area (Å²) in [6.07, 6.45) is 4.26. The summed E-state index contributed by atoms with van der Waals surface area (Å²) in [5.74, 6) is -3.15. The second-order valence-corrected chi connectivity index (χ2v) is 10.9. The van der Waals surface area contributed by atoms with E-state index in [0.717, 1.165) is 37.3 Å². The number of piperidine rings is 1. The minimum absolute atomic E-state index is 0.0473. The van der Waals surface area contributed by atoms with Gasteiger partial charge in [-0.2, -0.15) is 0 Å². The monoisotopic (exact) mass is 536 g/mol. The molecule has 3 aromatic rings. The Morgan fingerprint density at radius 1 is 1.10 bits per heavy atom. The van der Waals surface area contributed by atoms with Gasteiger partial charge in [0.25, 0.3) is 0 Å². The first-order chi connectivity index (χ1) is 18.7. The number of hydrogen-bond acceptors (Lipinski definition) is 4. The van der Waals surface area contributed by atoms with Crippen molar-refractivity contribution in [2.45, 2.75) is 50.7 Å². The van der Waals surface area contributed by atoms with Crippen LogP contribution in [0.4, 0.5) is 19.3 Å². The average molecular weight is 537 g/mol. The van der Waals surface area contributed by atoms with E-state index in [1.807, 2.05) is 37.3 Å². The van der Waals surface area contributed by atoms with Crippen LogP contribution in [0.1, 0.15) is 60.6 Å². The van der Waals surface area contributed by atoms with Crippen molar-refractivity contribution in [1.82, 2.24) is 14.8 Å². The summed E-state index contributed by atoms with van der Waals surface area (Å²) in [6, 6.07) is 9.88. The first-order valence-corrected chi connectivity index (χ1v) is 13.4. The Balaban J connectivity index is 1.32. The summed E-state index contributed by atoms with van der Waals surface area (Å²) in [4.78, 5) is 41.2. The van der Waals surface area contributed by atoms with Crippen molar-refractivity contribution in [3.05, 3.63) is 75.6 Å². The van der Waals surface area contributed by atoms with Crippen LogP contribution in [0.15, 0.2) is 47.4 Å². The molecule has 10 heteroatoms. The molecule has 2 N–H and O–H groups in total. The van der Waals surface area contributed by atoms with E-state index in [1.54, 1.807) is 9.80 Å². The fourth-order valence-electron chi connectivity index (χ4n) is 6.22. The van der Waals surface area contributed by atoms with Crippen LogP contribution in [0.5, 0.6) is 0 Å². The predicted molar refractivity (Wildman–Crippen MR) is 142 cm³/mol. The normalized spacial score (nSPS) is 21.6. The summed E-state index contributed by atoms with van der Waals surface area (Å²) < 4.78 is 33.1. The number of urea groups is 1. The SMILES string of the molecule is CC(NC(=O)N1CCCC2CN(c3c(F)cc4c(=O)c(C(=O)O)cn(C5CC5)c4c3F)CC21)c1ccccc1. The minimum atomic E-state index is -1.43. The summed E-state index contributed by atoms with van der Waals surface area (Å²) in [6.45, 7) is 3.12. The van der Waals surface area contributed by atoms with Crippen LogP contribution in [0.25, 0.3) is 10.9 Å². The van der Waals surface area contributed by atoms with Gasteiger partial charge in [0.2, 0.25) is 5.43 Å². The molecule has 1 aliphatic carbocycles. The van der Waals surface area contributed by atoms with Crippen LogP contribution in [0.2, 0.25) is 0 Å². The number of hydrogen-bond donors (Lipinski definition) is 2. The molecular formula is C29H30F2N4O4. The summed E-state index contributed by atoms with van der Waals surface area (Å²) >= 11 is 0. The maximum atomic E-state index is 16.2. The number of rotatable bonds is 5. The Bertz CT molecular complexity index is 1520. The minimum Gasteiger partial charge on any atom is -0.477 e. The molecule has 1 aromatic heterocycles. The van der Waals surface area contributed by atoms with Crippen molar-refractivity contribution in [2.24, 2.45) is 5.92 Å². The Morgan fingerprint density at radius 2 is 1.85 bits per heavy atom. The fourth-order valence-corrected chi connectivity index (χ4v) is 6.22. The van der Waals surface area contributed by atoms with Gasteiger partial charge in [0, 0.05) is 31.9 Å². The lowest BCUT2D eigenvalue weighted by Gasteiger charge is -2.37. The molecule has 2 aliphatic heterocycles. The molecule has 3 atom stereocenters. The maximum Gasteiger partial charge on any atom is 0.341 e. The molecule has 39 heavy (non-hydrogen) atoms. The van der Waals surface area contributed by atoms with Crippen LogP contribution in [0.3, 0.4) is 0 Å². The molecule has 6 rings (SSSR count). The number of carboxylic acids is 1. The van der Waals surface area contributed by atoms with E-state index in [0.29, 0.717) is 13.1 Å². The molecule has 0 bridgehead atoms. The van der Waals surface area contributed by atoms with Gasteiger partial charge in [-0.05, 0) is 50.2 Å². The first-order valence-electron chi connectivity index (χ1n) is 13.4. The number of carbonyl (C=O) groups excluding carboxylic acids is 1. The van der Waals surface area contributed by atoms with Gasteiger partial charge < -0.3 is 24.8 Å². The predicted octanol–water partition coefficient (Wildman–Crippen LogP) is 4.68. The zero-order valence-electron chi connectivity index (χ0n) is 21.6. The molecule has 2 saturated heterocycles. The van der Waals surface area contributed by atoms with Crippen molar-refractivity contribution in [2.75, 3.05) is 24.5 Å². The Labute approximate surface area is 223 Å². The van der Waals surface area contributed by atoms with Gasteiger partial charge in [-0.25, -0.2) is 18.4 Å². The van der Waals surface area contributed by atoms with Crippen LogP contribution >= 0.6 is 0 Å². The van der Waals surface area contributed by atoms with Crippen molar-refractivity contribution in [1.29, 1.82) is 0 Å². The Hall–Kier alpha value is -3.95. The van der Waals surface area contributed by atoms with Crippen molar-refractivity contribution in [3.8, 4) is 0 Å². The number of aromatic carboxylic acids is 1. The van der Waals surface area contributed by atoms with Crippen molar-refractivity contribution < 1.29 is 23.5 Å². The molecule has 3 heterocycles. The molecule has 3 fully saturated rings. The van der Waals surface area contributed by atoms with E-state index in [-0.39, 0.29) is 53.2 Å². The standard InChI is InChI=1S/C29H30F2N4O4/c1-16(17-6-3-2-4-7-17)32-29(39)34-11-5-8-18-13-33(15-23(18)34)26-22(30)12-20-25(24(26)31)35(19-9-10-19)14-21(27(20)36)28(37)38/h2-4,6-7,12,14,16,18-19,23H,5,8-11,13,15H2,1H3,(H,32,39)(H,37,38). The lowest BCUT2D eigenvalue weighted by Crippen LogP contribution is -2.52. The molecule has 0 radical (unpaired) electrons. The molecule has 3 aliphatic rings. The third-order valence-corrected chi connectivity index (χ3v) is 8.35. The second kappa shape index (κ2) is 9.66. The summed E-state index contributed by atoms with van der Waals surface area (Å²) in [5.41, 5.74) is -0.707. The van der Waals surface area contributed by atoms with E-state index in [1.165, 1.54) is 10.8 Å². The van der Waals surface area contributed by atoms with E-state index in [9.17, 15) is 19.5 Å². The van der Waals surface area contributed by atoms with E-state index >= 15 is 8.78 Å². The quantitative estimate of drug-likeness (QED) is 0.494. The van der Waals surface area contributed by atoms with Crippen LogP contribution in [0, 0.1) is 17.6 Å². The van der Waals surface area contributed by atoms with E-state index in [4.69, 9.17) is 0 Å². The van der Waals surface area contributed by atoms with Crippen LogP contribution < -0.4 is 15.6 Å². The molecular weight excluding hydrogens is 506 g/mol. The third-order valence-electron chi connectivity index (χ3n) is 8.35. The van der Waals surface area contributed by atoms with E-state index < -0.39 is 28.6 Å². The van der Waals surface area contributed by atoms with Crippen LogP contribution in [-0.2, 0) is 0 Å². The average Bonchev–Trinajstić information content (AvgIpc) is 3.67. The third kappa shape index (κ3) is 4.41. The number of carboxylic acid groups (broad SMARTS) is 1. The second-order valence-electron chi connectivity index (χ2n) is 10.9. The zero-order valence-corrected chi connectivity index (χ0v) is 21.6. The number of amides is 2. The topological polar surface area (TPSA) is 94.9 Å². The number of nitrogens with zero attached hydrogens (tertiary/aromatic N) is 3. The van der Waals surface area contributed by atoms with Gasteiger partial charge in [-0.1, -0.05) is 30.3 Å². The van der Waals surface area contributed by atoms with E-state index in [2.05, 4.69) is 5.32 Å². The lowest BCUT2D eigenvalue weighted by atomic mass is 9.92. The highest BCUT2D eigenvalue weighted by Gasteiger charge is 2.43. The van der Waals surface area contributed by atoms with Gasteiger partial charge in [0.15, 0.2) is 5.82 Å². The molecule has 204 valence electrons. The molecule has 2 amide bonds. The number of pyridine rings is 1. The number of halogens is 2. The van der Waals surface area contributed by atoms with Crippen molar-refractivity contribution in [3.63, 3.8) is 0 Å². The molecule has 1 saturated carbocycles. The first kappa shape index (κ1) is 25.3. The lowest BCUT2D eigenvalue weighted by molar-refractivity contribution is 0.0694.